The van der Waals surface area contributed by atoms with Crippen molar-refractivity contribution in [1.29, 1.82) is 0 Å². The summed E-state index contributed by atoms with van der Waals surface area (Å²) >= 11 is 0. The van der Waals surface area contributed by atoms with Crippen molar-refractivity contribution in [2.45, 2.75) is 25.9 Å². The standard InChI is InChI=1S/C21H21N5O4/c1-3-30-16-10-8-15(9-11-16)26-20(28)18-19(21(26)29)25(24-23-18)12-17(27)22-14-6-4-13(2)5-7-14/h4-11,18-19H,3,12H2,1-2H3,(H,22,27)/t18-,19+/m0/s1. The van der Waals surface area contributed by atoms with E-state index in [1.165, 1.54) is 5.01 Å². The van der Waals surface area contributed by atoms with Gasteiger partial charge in [-0.25, -0.2) is 4.90 Å². The Labute approximate surface area is 173 Å². The van der Waals surface area contributed by atoms with Crippen molar-refractivity contribution in [3.05, 3.63) is 54.1 Å². The number of amides is 3. The molecule has 0 unspecified atom stereocenters. The first kappa shape index (κ1) is 19.6. The molecule has 2 atom stereocenters. The topological polar surface area (TPSA) is 104 Å². The number of nitrogens with zero attached hydrogens (tertiary/aromatic N) is 4. The number of ether oxygens (including phenoxy) is 1. The summed E-state index contributed by atoms with van der Waals surface area (Å²) in [5.41, 5.74) is 2.15. The van der Waals surface area contributed by atoms with Crippen LogP contribution in [-0.2, 0) is 14.4 Å². The highest BCUT2D eigenvalue weighted by Crippen LogP contribution is 2.32. The molecule has 0 bridgehead atoms. The highest BCUT2D eigenvalue weighted by atomic mass is 16.5. The molecule has 2 aromatic rings. The van der Waals surface area contributed by atoms with Crippen LogP contribution >= 0.6 is 0 Å². The van der Waals surface area contributed by atoms with Gasteiger partial charge in [-0.3, -0.25) is 19.4 Å². The second-order valence-electron chi connectivity index (χ2n) is 7.05. The summed E-state index contributed by atoms with van der Waals surface area (Å²) in [6, 6.07) is 12.2. The molecule has 2 aromatic carbocycles. The van der Waals surface area contributed by atoms with Crippen molar-refractivity contribution in [2.24, 2.45) is 10.3 Å². The Kier molecular flexibility index (Phi) is 5.18. The van der Waals surface area contributed by atoms with Crippen LogP contribution in [0.25, 0.3) is 0 Å². The SMILES string of the molecule is CCOc1ccc(N2C(=O)[C@H]3N=NN(CC(=O)Nc4ccc(C)cc4)[C@H]3C2=O)cc1. The Balaban J connectivity index is 1.46. The number of benzene rings is 2. The van der Waals surface area contributed by atoms with E-state index in [2.05, 4.69) is 15.7 Å². The predicted molar refractivity (Wildman–Crippen MR) is 109 cm³/mol. The molecule has 2 aliphatic heterocycles. The lowest BCUT2D eigenvalue weighted by Crippen LogP contribution is -2.43. The minimum Gasteiger partial charge on any atom is -0.494 e. The summed E-state index contributed by atoms with van der Waals surface area (Å²) in [7, 11) is 0. The van der Waals surface area contributed by atoms with Crippen molar-refractivity contribution >= 4 is 29.1 Å². The molecule has 154 valence electrons. The van der Waals surface area contributed by atoms with E-state index in [0.29, 0.717) is 23.7 Å². The minimum atomic E-state index is -0.948. The fraction of sp³-hybridized carbons (Fsp3) is 0.286. The van der Waals surface area contributed by atoms with Crippen molar-refractivity contribution in [2.75, 3.05) is 23.4 Å². The van der Waals surface area contributed by atoms with E-state index < -0.39 is 23.9 Å². The van der Waals surface area contributed by atoms with E-state index in [1.54, 1.807) is 36.4 Å². The molecule has 0 aliphatic carbocycles. The van der Waals surface area contributed by atoms with Crippen LogP contribution in [0.1, 0.15) is 12.5 Å². The molecule has 1 saturated heterocycles. The van der Waals surface area contributed by atoms with Crippen LogP contribution in [0.2, 0.25) is 0 Å². The van der Waals surface area contributed by atoms with E-state index in [-0.39, 0.29) is 12.5 Å². The van der Waals surface area contributed by atoms with E-state index in [4.69, 9.17) is 4.74 Å². The van der Waals surface area contributed by atoms with Crippen LogP contribution < -0.4 is 15.0 Å². The van der Waals surface area contributed by atoms with Crippen LogP contribution in [0.5, 0.6) is 5.75 Å². The summed E-state index contributed by atoms with van der Waals surface area (Å²) in [6.07, 6.45) is 0. The third-order valence-electron chi connectivity index (χ3n) is 4.90. The fourth-order valence-corrected chi connectivity index (χ4v) is 3.45. The van der Waals surface area contributed by atoms with Crippen LogP contribution in [0.3, 0.4) is 0 Å². The second-order valence-corrected chi connectivity index (χ2v) is 7.05. The number of carbonyl (C=O) groups excluding carboxylic acids is 3. The van der Waals surface area contributed by atoms with Crippen molar-refractivity contribution in [3.63, 3.8) is 0 Å². The van der Waals surface area contributed by atoms with Crippen LogP contribution in [-0.4, -0.2) is 48.0 Å². The molecule has 30 heavy (non-hydrogen) atoms. The number of nitrogens with one attached hydrogen (secondary N) is 1. The average Bonchev–Trinajstić information content (AvgIpc) is 3.24. The summed E-state index contributed by atoms with van der Waals surface area (Å²) in [4.78, 5) is 39.2. The van der Waals surface area contributed by atoms with Gasteiger partial charge in [0, 0.05) is 5.69 Å². The van der Waals surface area contributed by atoms with Crippen LogP contribution in [0.15, 0.2) is 58.9 Å². The summed E-state index contributed by atoms with van der Waals surface area (Å²) in [6.45, 7) is 4.16. The summed E-state index contributed by atoms with van der Waals surface area (Å²) < 4.78 is 5.39. The van der Waals surface area contributed by atoms with Gasteiger partial charge >= 0.3 is 0 Å². The molecule has 2 heterocycles. The Bertz CT molecular complexity index is 1000. The summed E-state index contributed by atoms with van der Waals surface area (Å²) in [5.74, 6) is -0.616. The smallest absolute Gasteiger partial charge is 0.263 e. The van der Waals surface area contributed by atoms with E-state index >= 15 is 0 Å². The average molecular weight is 407 g/mol. The lowest BCUT2D eigenvalue weighted by molar-refractivity contribution is -0.123. The van der Waals surface area contributed by atoms with Gasteiger partial charge in [-0.05, 0) is 50.2 Å². The van der Waals surface area contributed by atoms with Crippen molar-refractivity contribution < 1.29 is 19.1 Å². The number of imide groups is 1. The minimum absolute atomic E-state index is 0.186. The molecular formula is C21H21N5O4. The zero-order chi connectivity index (χ0) is 21.3. The van der Waals surface area contributed by atoms with Crippen molar-refractivity contribution in [1.82, 2.24) is 5.01 Å². The maximum atomic E-state index is 13.0. The molecule has 9 heteroatoms. The predicted octanol–water partition coefficient (Wildman–Crippen LogP) is 2.33. The monoisotopic (exact) mass is 407 g/mol. The molecular weight excluding hydrogens is 386 g/mol. The Morgan fingerprint density at radius 3 is 2.43 bits per heavy atom. The largest absolute Gasteiger partial charge is 0.494 e. The molecule has 9 nitrogen and oxygen atoms in total. The third kappa shape index (κ3) is 3.61. The first-order valence-corrected chi connectivity index (χ1v) is 9.62. The van der Waals surface area contributed by atoms with Gasteiger partial charge in [0.05, 0.1) is 12.3 Å². The number of anilines is 2. The first-order chi connectivity index (χ1) is 14.5. The lowest BCUT2D eigenvalue weighted by atomic mass is 10.1. The molecule has 2 aliphatic rings. The number of aryl methyl sites for hydroxylation is 1. The van der Waals surface area contributed by atoms with Crippen molar-refractivity contribution in [3.8, 4) is 5.75 Å². The fourth-order valence-electron chi connectivity index (χ4n) is 3.45. The lowest BCUT2D eigenvalue weighted by Gasteiger charge is -2.20. The number of hydrogen-bond donors (Lipinski definition) is 1. The van der Waals surface area contributed by atoms with Gasteiger partial charge in [0.25, 0.3) is 11.8 Å². The molecule has 0 aromatic heterocycles. The number of hydrogen-bond acceptors (Lipinski definition) is 7. The van der Waals surface area contributed by atoms with Crippen LogP contribution in [0.4, 0.5) is 11.4 Å². The van der Waals surface area contributed by atoms with Gasteiger partial charge in [0.1, 0.15) is 12.3 Å². The van der Waals surface area contributed by atoms with Gasteiger partial charge in [-0.2, -0.15) is 5.11 Å². The number of carbonyl (C=O) groups is 3. The van der Waals surface area contributed by atoms with Gasteiger partial charge < -0.3 is 10.1 Å². The van der Waals surface area contributed by atoms with Gasteiger partial charge in [0.2, 0.25) is 5.91 Å². The molecule has 4 rings (SSSR count). The van der Waals surface area contributed by atoms with Gasteiger partial charge in [0.15, 0.2) is 12.1 Å². The third-order valence-corrected chi connectivity index (χ3v) is 4.90. The molecule has 1 N–H and O–H groups in total. The number of fused-ring (bicyclic) bond motifs is 1. The van der Waals surface area contributed by atoms with Gasteiger partial charge in [-0.15, -0.1) is 0 Å². The Morgan fingerprint density at radius 1 is 1.07 bits per heavy atom. The molecule has 1 fully saturated rings. The Hall–Kier alpha value is -3.75. The molecule has 0 saturated carbocycles. The highest BCUT2D eigenvalue weighted by molar-refractivity contribution is 6.25. The molecule has 0 radical (unpaired) electrons. The van der Waals surface area contributed by atoms with Crippen LogP contribution in [0, 0.1) is 6.92 Å². The Morgan fingerprint density at radius 2 is 1.77 bits per heavy atom. The first-order valence-electron chi connectivity index (χ1n) is 9.62. The maximum absolute atomic E-state index is 13.0. The van der Waals surface area contributed by atoms with E-state index in [0.717, 1.165) is 10.5 Å². The molecule has 3 amide bonds. The maximum Gasteiger partial charge on any atom is 0.263 e. The van der Waals surface area contributed by atoms with Gasteiger partial charge in [-0.1, -0.05) is 22.9 Å². The van der Waals surface area contributed by atoms with E-state index in [9.17, 15) is 14.4 Å². The van der Waals surface area contributed by atoms with E-state index in [1.807, 2.05) is 26.0 Å². The highest BCUT2D eigenvalue weighted by Gasteiger charge is 2.55. The molecule has 0 spiro atoms. The zero-order valence-electron chi connectivity index (χ0n) is 16.6. The second kappa shape index (κ2) is 7.94. The normalized spacial score (nSPS) is 19.9. The summed E-state index contributed by atoms with van der Waals surface area (Å²) in [5, 5.41) is 11.9. The number of rotatable bonds is 6. The zero-order valence-corrected chi connectivity index (χ0v) is 16.6. The quantitative estimate of drug-likeness (QED) is 0.740.